The summed E-state index contributed by atoms with van der Waals surface area (Å²) in [4.78, 5) is 0. The minimum atomic E-state index is 0.791. The van der Waals surface area contributed by atoms with E-state index in [9.17, 15) is 0 Å². The second-order valence-electron chi connectivity index (χ2n) is 2.33. The molecule has 2 nitrogen and oxygen atoms in total. The summed E-state index contributed by atoms with van der Waals surface area (Å²) in [5, 5.41) is 3.17. The van der Waals surface area contributed by atoms with Gasteiger partial charge in [-0.25, -0.2) is 0 Å². The van der Waals surface area contributed by atoms with E-state index in [0.717, 1.165) is 15.7 Å². The summed E-state index contributed by atoms with van der Waals surface area (Å²) in [7, 11) is 0. The van der Waals surface area contributed by atoms with E-state index in [0.29, 0.717) is 0 Å². The fourth-order valence-corrected chi connectivity index (χ4v) is 0.977. The summed E-state index contributed by atoms with van der Waals surface area (Å²) in [5.41, 5.74) is 7.38. The maximum absolute atomic E-state index is 5.52. The van der Waals surface area contributed by atoms with Gasteiger partial charge in [-0.05, 0) is 0 Å². The fraction of sp³-hybridized carbons (Fsp3) is 0.125. The molecule has 57 valence electrons. The number of hydrogen-bond donors (Lipinski definition) is 2. The van der Waals surface area contributed by atoms with Crippen LogP contribution < -0.4 is 11.1 Å². The van der Waals surface area contributed by atoms with Gasteiger partial charge >= 0.3 is 74.9 Å². The molecule has 0 fully saturated rings. The van der Waals surface area contributed by atoms with Crippen LogP contribution in [0.1, 0.15) is 6.92 Å². The first-order chi connectivity index (χ1) is 5.18. The Balaban J connectivity index is 2.74. The zero-order valence-electron chi connectivity index (χ0n) is 6.33. The first-order valence-corrected chi connectivity index (χ1v) is 4.03. The molecule has 0 atom stereocenters. The molecule has 0 radical (unpaired) electrons. The predicted molar refractivity (Wildman–Crippen MR) is 45.2 cm³/mol. The van der Waals surface area contributed by atoms with E-state index in [-0.39, 0.29) is 0 Å². The second-order valence-corrected chi connectivity index (χ2v) is 3.38. The van der Waals surface area contributed by atoms with Crippen LogP contribution in [0.25, 0.3) is 0 Å². The molecule has 3 N–H and O–H groups in total. The average molecular weight is 185 g/mol. The van der Waals surface area contributed by atoms with Crippen molar-refractivity contribution in [3.05, 3.63) is 24.3 Å². The van der Waals surface area contributed by atoms with Crippen LogP contribution in [0.3, 0.4) is 0 Å². The van der Waals surface area contributed by atoms with Crippen LogP contribution in [0.5, 0.6) is 0 Å². The molecule has 0 heterocycles. The Morgan fingerprint density at radius 2 is 1.91 bits per heavy atom. The number of nitrogen functional groups attached to an aromatic ring is 1. The van der Waals surface area contributed by atoms with Gasteiger partial charge in [-0.3, -0.25) is 0 Å². The number of rotatable bonds is 2. The Kier molecular flexibility index (Phi) is 2.74. The third kappa shape index (κ3) is 2.79. The van der Waals surface area contributed by atoms with Gasteiger partial charge in [0.25, 0.3) is 0 Å². The molecule has 0 aliphatic rings. The van der Waals surface area contributed by atoms with E-state index in [1.807, 2.05) is 31.2 Å². The Hall–Kier alpha value is -0.726. The van der Waals surface area contributed by atoms with Gasteiger partial charge in [0.2, 0.25) is 0 Å². The topological polar surface area (TPSA) is 38.0 Å². The Morgan fingerprint density at radius 1 is 1.36 bits per heavy atom. The zero-order chi connectivity index (χ0) is 8.27. The van der Waals surface area contributed by atoms with E-state index < -0.39 is 0 Å². The van der Waals surface area contributed by atoms with Gasteiger partial charge < -0.3 is 0 Å². The van der Waals surface area contributed by atoms with Crippen LogP contribution in [0, 0.1) is 0 Å². The fourth-order valence-electron chi connectivity index (χ4n) is 0.775. The molecule has 0 aliphatic carbocycles. The summed E-state index contributed by atoms with van der Waals surface area (Å²) in [6.07, 6.45) is 0. The standard InChI is InChI=1S/C8H10N2.V/c1-2-10-8-5-3-7(9)4-6-8;/h3-6,10H,9H2,1H3;. The molecule has 1 rings (SSSR count). The Labute approximate surface area is 75.3 Å². The molecular weight excluding hydrogens is 175 g/mol. The molecule has 1 aromatic carbocycles. The summed E-state index contributed by atoms with van der Waals surface area (Å²) >= 11 is 2.45. The van der Waals surface area contributed by atoms with Crippen molar-refractivity contribution in [2.75, 3.05) is 11.1 Å². The molecule has 0 saturated carbocycles. The van der Waals surface area contributed by atoms with Gasteiger partial charge in [-0.1, -0.05) is 0 Å². The molecule has 0 spiro atoms. The molecule has 3 heteroatoms. The van der Waals surface area contributed by atoms with Crippen molar-refractivity contribution in [1.29, 1.82) is 0 Å². The maximum atomic E-state index is 5.52. The normalized spacial score (nSPS) is 9.09. The molecular formula is C8H10N2V. The number of benzene rings is 1. The van der Waals surface area contributed by atoms with Crippen LogP contribution in [-0.2, 0) is 17.0 Å². The molecule has 0 aromatic heterocycles. The SMILES string of the molecule is C[C](=[V])Nc1ccc(N)cc1. The molecule has 0 bridgehead atoms. The zero-order valence-corrected chi connectivity index (χ0v) is 7.73. The summed E-state index contributed by atoms with van der Waals surface area (Å²) in [5.74, 6) is 0. The number of hydrogen-bond acceptors (Lipinski definition) is 2. The average Bonchev–Trinajstić information content (AvgIpc) is 1.93. The third-order valence-electron chi connectivity index (χ3n) is 1.24. The van der Waals surface area contributed by atoms with E-state index in [1.165, 1.54) is 0 Å². The second kappa shape index (κ2) is 3.60. The van der Waals surface area contributed by atoms with Gasteiger partial charge in [0.1, 0.15) is 0 Å². The van der Waals surface area contributed by atoms with Gasteiger partial charge in [-0.2, -0.15) is 0 Å². The number of anilines is 2. The molecule has 0 unspecified atom stereocenters. The molecule has 0 amide bonds. The molecule has 0 aliphatic heterocycles. The van der Waals surface area contributed by atoms with Crippen LogP contribution in [0.2, 0.25) is 0 Å². The Morgan fingerprint density at radius 3 is 2.36 bits per heavy atom. The monoisotopic (exact) mass is 185 g/mol. The van der Waals surface area contributed by atoms with Crippen molar-refractivity contribution in [2.45, 2.75) is 6.92 Å². The van der Waals surface area contributed by atoms with Gasteiger partial charge in [0.05, 0.1) is 0 Å². The van der Waals surface area contributed by atoms with E-state index in [4.69, 9.17) is 5.73 Å². The van der Waals surface area contributed by atoms with Crippen LogP contribution >= 0.6 is 0 Å². The summed E-state index contributed by atoms with van der Waals surface area (Å²) in [6, 6.07) is 7.65. The molecule has 0 saturated heterocycles. The van der Waals surface area contributed by atoms with Crippen molar-refractivity contribution < 1.29 is 17.0 Å². The minimum absolute atomic E-state index is 0.791. The number of nitrogens with two attached hydrogens (primary N) is 1. The van der Waals surface area contributed by atoms with Crippen molar-refractivity contribution >= 4 is 15.7 Å². The van der Waals surface area contributed by atoms with Crippen LogP contribution in [-0.4, -0.2) is 4.35 Å². The van der Waals surface area contributed by atoms with E-state index in [2.05, 4.69) is 22.3 Å². The molecule has 1 aromatic rings. The summed E-state index contributed by atoms with van der Waals surface area (Å²) in [6.45, 7) is 2.00. The predicted octanol–water partition coefficient (Wildman–Crippen LogP) is 1.38. The first kappa shape index (κ1) is 8.37. The Bertz CT molecular complexity index is 253. The summed E-state index contributed by atoms with van der Waals surface area (Å²) < 4.78 is 1.11. The van der Waals surface area contributed by atoms with Gasteiger partial charge in [-0.15, -0.1) is 0 Å². The molecule has 11 heavy (non-hydrogen) atoms. The van der Waals surface area contributed by atoms with Crippen LogP contribution in [0.4, 0.5) is 11.4 Å². The number of nitrogens with one attached hydrogen (secondary N) is 1. The van der Waals surface area contributed by atoms with E-state index in [1.54, 1.807) is 0 Å². The quantitative estimate of drug-likeness (QED) is 0.683. The van der Waals surface area contributed by atoms with Crippen molar-refractivity contribution in [2.24, 2.45) is 0 Å². The van der Waals surface area contributed by atoms with Gasteiger partial charge in [0, 0.05) is 0 Å². The van der Waals surface area contributed by atoms with Gasteiger partial charge in [0.15, 0.2) is 0 Å². The first-order valence-electron chi connectivity index (χ1n) is 3.33. The van der Waals surface area contributed by atoms with E-state index >= 15 is 0 Å². The van der Waals surface area contributed by atoms with Crippen molar-refractivity contribution in [1.82, 2.24) is 0 Å². The van der Waals surface area contributed by atoms with Crippen LogP contribution in [0.15, 0.2) is 24.3 Å². The third-order valence-corrected chi connectivity index (χ3v) is 1.41. The van der Waals surface area contributed by atoms with Crippen molar-refractivity contribution in [3.8, 4) is 0 Å². The van der Waals surface area contributed by atoms with Crippen molar-refractivity contribution in [3.63, 3.8) is 0 Å².